The number of aromatic carboxylic acids is 1. The van der Waals surface area contributed by atoms with Crippen molar-refractivity contribution in [3.05, 3.63) is 23.8 Å². The summed E-state index contributed by atoms with van der Waals surface area (Å²) < 4.78 is 5.30. The predicted octanol–water partition coefficient (Wildman–Crippen LogP) is 2.29. The maximum atomic E-state index is 11.1. The van der Waals surface area contributed by atoms with E-state index >= 15 is 0 Å². The zero-order valence-electron chi connectivity index (χ0n) is 12.2. The second kappa shape index (κ2) is 6.13. The highest BCUT2D eigenvalue weighted by molar-refractivity contribution is 5.89. The lowest BCUT2D eigenvalue weighted by molar-refractivity contribution is 0.0697. The van der Waals surface area contributed by atoms with E-state index in [0.717, 1.165) is 25.1 Å². The molecule has 2 unspecified atom stereocenters. The van der Waals surface area contributed by atoms with E-state index in [0.29, 0.717) is 17.8 Å². The van der Waals surface area contributed by atoms with Crippen LogP contribution in [0.4, 0.5) is 5.69 Å². The van der Waals surface area contributed by atoms with E-state index in [9.17, 15) is 4.79 Å². The molecular formula is C15H22N2O3. The first-order valence-electron chi connectivity index (χ1n) is 6.89. The van der Waals surface area contributed by atoms with Gasteiger partial charge in [0.2, 0.25) is 0 Å². The summed E-state index contributed by atoms with van der Waals surface area (Å²) in [5.41, 5.74) is 1.03. The molecule has 0 bridgehead atoms. The fourth-order valence-electron chi connectivity index (χ4n) is 2.59. The number of piperidine rings is 1. The summed E-state index contributed by atoms with van der Waals surface area (Å²) in [6.07, 6.45) is 2.08. The lowest BCUT2D eigenvalue weighted by Gasteiger charge is -2.36. The van der Waals surface area contributed by atoms with E-state index in [1.54, 1.807) is 25.3 Å². The first-order chi connectivity index (χ1) is 9.51. The minimum Gasteiger partial charge on any atom is -0.495 e. The molecule has 2 rings (SSSR count). The van der Waals surface area contributed by atoms with Gasteiger partial charge in [0.05, 0.1) is 18.4 Å². The third-order valence-corrected chi connectivity index (χ3v) is 4.01. The van der Waals surface area contributed by atoms with Crippen LogP contribution in [0.5, 0.6) is 5.75 Å². The molecule has 0 amide bonds. The number of anilines is 1. The van der Waals surface area contributed by atoms with Crippen molar-refractivity contribution in [3.63, 3.8) is 0 Å². The van der Waals surface area contributed by atoms with Gasteiger partial charge in [-0.15, -0.1) is 0 Å². The molecular weight excluding hydrogens is 256 g/mol. The van der Waals surface area contributed by atoms with Crippen molar-refractivity contribution >= 4 is 11.7 Å². The molecule has 0 spiro atoms. The van der Waals surface area contributed by atoms with Crippen LogP contribution in [0.3, 0.4) is 0 Å². The maximum Gasteiger partial charge on any atom is 0.335 e. The lowest BCUT2D eigenvalue weighted by atomic mass is 9.98. The van der Waals surface area contributed by atoms with Crippen molar-refractivity contribution in [2.45, 2.75) is 31.8 Å². The highest BCUT2D eigenvalue weighted by Gasteiger charge is 2.23. The van der Waals surface area contributed by atoms with E-state index in [2.05, 4.69) is 24.2 Å². The number of nitrogens with zero attached hydrogens (tertiary/aromatic N) is 1. The van der Waals surface area contributed by atoms with Crippen LogP contribution >= 0.6 is 0 Å². The van der Waals surface area contributed by atoms with Crippen molar-refractivity contribution in [3.8, 4) is 5.75 Å². The molecule has 2 atom stereocenters. The summed E-state index contributed by atoms with van der Waals surface area (Å²) in [5, 5.41) is 12.5. The van der Waals surface area contributed by atoms with Crippen molar-refractivity contribution in [2.75, 3.05) is 26.0 Å². The molecule has 1 aromatic rings. The van der Waals surface area contributed by atoms with Gasteiger partial charge in [-0.3, -0.25) is 0 Å². The summed E-state index contributed by atoms with van der Waals surface area (Å²) in [6, 6.07) is 5.77. The Bertz CT molecular complexity index is 490. The fourth-order valence-corrected chi connectivity index (χ4v) is 2.59. The van der Waals surface area contributed by atoms with E-state index in [1.165, 1.54) is 0 Å². The fraction of sp³-hybridized carbons (Fsp3) is 0.533. The highest BCUT2D eigenvalue weighted by atomic mass is 16.5. The van der Waals surface area contributed by atoms with Gasteiger partial charge in [-0.1, -0.05) is 0 Å². The van der Waals surface area contributed by atoms with Gasteiger partial charge in [0.15, 0.2) is 0 Å². The summed E-state index contributed by atoms with van der Waals surface area (Å²) in [4.78, 5) is 13.4. The second-order valence-electron chi connectivity index (χ2n) is 5.42. The molecule has 5 heteroatoms. The number of hydrogen-bond acceptors (Lipinski definition) is 4. The van der Waals surface area contributed by atoms with Crippen LogP contribution in [0.1, 0.15) is 30.1 Å². The van der Waals surface area contributed by atoms with Gasteiger partial charge < -0.3 is 20.1 Å². The normalized spacial score (nSPS) is 23.4. The predicted molar refractivity (Wildman–Crippen MR) is 78.7 cm³/mol. The van der Waals surface area contributed by atoms with Crippen LogP contribution < -0.4 is 10.1 Å². The number of carbonyl (C=O) groups is 1. The number of benzene rings is 1. The van der Waals surface area contributed by atoms with Gasteiger partial charge in [0, 0.05) is 18.6 Å². The monoisotopic (exact) mass is 278 g/mol. The number of likely N-dealkylation sites (tertiary alicyclic amines) is 1. The molecule has 1 saturated heterocycles. The van der Waals surface area contributed by atoms with Crippen molar-refractivity contribution in [1.29, 1.82) is 0 Å². The van der Waals surface area contributed by atoms with E-state index in [4.69, 9.17) is 9.84 Å². The molecule has 1 aliphatic rings. The Balaban J connectivity index is 2.15. The van der Waals surface area contributed by atoms with Gasteiger partial charge in [-0.2, -0.15) is 0 Å². The highest BCUT2D eigenvalue weighted by Crippen LogP contribution is 2.28. The first kappa shape index (κ1) is 14.7. The Kier molecular flexibility index (Phi) is 4.49. The zero-order chi connectivity index (χ0) is 14.7. The molecule has 0 aromatic heterocycles. The summed E-state index contributed by atoms with van der Waals surface area (Å²) in [5.74, 6) is -0.242. The van der Waals surface area contributed by atoms with E-state index in [-0.39, 0.29) is 5.56 Å². The molecule has 110 valence electrons. The zero-order valence-corrected chi connectivity index (χ0v) is 12.2. The topological polar surface area (TPSA) is 61.8 Å². The van der Waals surface area contributed by atoms with Crippen LogP contribution in [0.2, 0.25) is 0 Å². The number of nitrogens with one attached hydrogen (secondary N) is 1. The van der Waals surface area contributed by atoms with E-state index in [1.807, 2.05) is 0 Å². The van der Waals surface area contributed by atoms with Gasteiger partial charge in [0.25, 0.3) is 0 Å². The molecule has 2 N–H and O–H groups in total. The summed E-state index contributed by atoms with van der Waals surface area (Å²) in [7, 11) is 3.73. The Hall–Kier alpha value is -1.75. The third kappa shape index (κ3) is 3.22. The van der Waals surface area contributed by atoms with Crippen molar-refractivity contribution in [1.82, 2.24) is 4.90 Å². The number of carboxylic acid groups (broad SMARTS) is 1. The Morgan fingerprint density at radius 3 is 2.85 bits per heavy atom. The number of hydrogen-bond donors (Lipinski definition) is 2. The van der Waals surface area contributed by atoms with Crippen molar-refractivity contribution < 1.29 is 14.6 Å². The van der Waals surface area contributed by atoms with Gasteiger partial charge >= 0.3 is 5.97 Å². The third-order valence-electron chi connectivity index (χ3n) is 4.01. The molecule has 1 aliphatic heterocycles. The smallest absolute Gasteiger partial charge is 0.335 e. The van der Waals surface area contributed by atoms with E-state index < -0.39 is 5.97 Å². The molecule has 0 radical (unpaired) electrons. The van der Waals surface area contributed by atoms with Crippen LogP contribution in [-0.4, -0.2) is 48.8 Å². The minimum absolute atomic E-state index is 0.272. The lowest BCUT2D eigenvalue weighted by Crippen LogP contribution is -2.42. The number of ether oxygens (including phenoxy) is 1. The van der Waals surface area contributed by atoms with Crippen molar-refractivity contribution in [2.24, 2.45) is 0 Å². The average molecular weight is 278 g/mol. The van der Waals surface area contributed by atoms with Crippen LogP contribution in [0.15, 0.2) is 18.2 Å². The molecule has 1 fully saturated rings. The van der Waals surface area contributed by atoms with Gasteiger partial charge in [-0.25, -0.2) is 4.79 Å². The SMILES string of the molecule is COc1ccc(C(=O)O)cc1NC1CCN(C)C(C)C1. The molecule has 0 saturated carbocycles. The number of methoxy groups -OCH3 is 1. The standard InChI is InChI=1S/C15H22N2O3/c1-10-8-12(6-7-17(10)2)16-13-9-11(15(18)19)4-5-14(13)20-3/h4-5,9-10,12,16H,6-8H2,1-3H3,(H,18,19). The largest absolute Gasteiger partial charge is 0.495 e. The molecule has 0 aliphatic carbocycles. The average Bonchev–Trinajstić information content (AvgIpc) is 2.42. The van der Waals surface area contributed by atoms with Crippen LogP contribution in [0, 0.1) is 0 Å². The molecule has 20 heavy (non-hydrogen) atoms. The van der Waals surface area contributed by atoms with Gasteiger partial charge in [-0.05, 0) is 45.0 Å². The minimum atomic E-state index is -0.924. The Morgan fingerprint density at radius 2 is 2.25 bits per heavy atom. The molecule has 1 heterocycles. The number of carboxylic acids is 1. The Labute approximate surface area is 119 Å². The van der Waals surface area contributed by atoms with Gasteiger partial charge in [0.1, 0.15) is 5.75 Å². The van der Waals surface area contributed by atoms with Crippen LogP contribution in [-0.2, 0) is 0 Å². The molecule has 5 nitrogen and oxygen atoms in total. The summed E-state index contributed by atoms with van der Waals surface area (Å²) >= 11 is 0. The quantitative estimate of drug-likeness (QED) is 0.885. The molecule has 1 aromatic carbocycles. The summed E-state index contributed by atoms with van der Waals surface area (Å²) in [6.45, 7) is 3.25. The number of rotatable bonds is 4. The van der Waals surface area contributed by atoms with Crippen LogP contribution in [0.25, 0.3) is 0 Å². The Morgan fingerprint density at radius 1 is 1.50 bits per heavy atom. The maximum absolute atomic E-state index is 11.1. The first-order valence-corrected chi connectivity index (χ1v) is 6.89. The second-order valence-corrected chi connectivity index (χ2v) is 5.42.